The second kappa shape index (κ2) is 8.31. The summed E-state index contributed by atoms with van der Waals surface area (Å²) < 4.78 is 4.57. The second-order valence-corrected chi connectivity index (χ2v) is 7.68. The number of nitrogens with one attached hydrogen (secondary N) is 1. The van der Waals surface area contributed by atoms with Gasteiger partial charge in [-0.3, -0.25) is 9.59 Å². The summed E-state index contributed by atoms with van der Waals surface area (Å²) in [5.41, 5.74) is -0.131. The highest BCUT2D eigenvalue weighted by Crippen LogP contribution is 2.24. The third-order valence-corrected chi connectivity index (χ3v) is 4.22. The molecule has 0 saturated carbocycles. The van der Waals surface area contributed by atoms with E-state index in [1.54, 1.807) is 0 Å². The van der Waals surface area contributed by atoms with Gasteiger partial charge in [-0.25, -0.2) is 4.79 Å². The van der Waals surface area contributed by atoms with Crippen molar-refractivity contribution >= 4 is 18.3 Å². The van der Waals surface area contributed by atoms with Crippen LogP contribution in [0.25, 0.3) is 0 Å². The van der Waals surface area contributed by atoms with Crippen molar-refractivity contribution in [1.29, 1.82) is 0 Å². The number of Topliss-reactive ketones (excluding diaryl/α,β-unsaturated/α-hetero) is 1. The van der Waals surface area contributed by atoms with E-state index >= 15 is 0 Å². The standard InChI is InChI=1S/C17H30N2O4/c1-12-7-6-8-13(2)19(12)16(22)18-14(9-17(3,4)5)15(21)10-23-11-20/h11-14H,6-10H2,1-5H3,(H,18,22)/t12-,13+,14-/m0/s1. The van der Waals surface area contributed by atoms with Crippen LogP contribution in [0.2, 0.25) is 0 Å². The molecule has 3 atom stereocenters. The van der Waals surface area contributed by atoms with Crippen LogP contribution in [0.4, 0.5) is 4.79 Å². The van der Waals surface area contributed by atoms with Gasteiger partial charge in [-0.1, -0.05) is 20.8 Å². The average Bonchev–Trinajstić information content (AvgIpc) is 2.42. The molecule has 1 aliphatic heterocycles. The Morgan fingerprint density at radius 2 is 1.83 bits per heavy atom. The van der Waals surface area contributed by atoms with Crippen molar-refractivity contribution in [2.75, 3.05) is 6.61 Å². The number of nitrogens with zero attached hydrogens (tertiary/aromatic N) is 1. The zero-order valence-electron chi connectivity index (χ0n) is 14.9. The summed E-state index contributed by atoms with van der Waals surface area (Å²) in [5, 5.41) is 2.85. The first-order chi connectivity index (χ1) is 10.7. The Hall–Kier alpha value is -1.59. The lowest BCUT2D eigenvalue weighted by Crippen LogP contribution is -2.56. The summed E-state index contributed by atoms with van der Waals surface area (Å²) in [4.78, 5) is 37.0. The van der Waals surface area contributed by atoms with Crippen molar-refractivity contribution in [2.45, 2.75) is 78.4 Å². The number of hydrogen-bond donors (Lipinski definition) is 1. The highest BCUT2D eigenvalue weighted by Gasteiger charge is 2.33. The molecule has 132 valence electrons. The van der Waals surface area contributed by atoms with Gasteiger partial charge in [-0.2, -0.15) is 0 Å². The molecule has 6 nitrogen and oxygen atoms in total. The molecule has 2 amide bonds. The summed E-state index contributed by atoms with van der Waals surface area (Å²) in [6.45, 7) is 10.0. The van der Waals surface area contributed by atoms with E-state index in [2.05, 4.69) is 10.1 Å². The van der Waals surface area contributed by atoms with Gasteiger partial charge in [-0.05, 0) is 44.9 Å². The molecule has 0 aromatic heterocycles. The molecule has 0 aromatic carbocycles. The maximum absolute atomic E-state index is 12.6. The predicted molar refractivity (Wildman–Crippen MR) is 88.0 cm³/mol. The van der Waals surface area contributed by atoms with Crippen LogP contribution >= 0.6 is 0 Å². The molecule has 1 fully saturated rings. The van der Waals surface area contributed by atoms with Gasteiger partial charge >= 0.3 is 6.03 Å². The van der Waals surface area contributed by atoms with Crippen LogP contribution in [0.1, 0.15) is 60.3 Å². The first-order valence-corrected chi connectivity index (χ1v) is 8.32. The summed E-state index contributed by atoms with van der Waals surface area (Å²) in [6.07, 6.45) is 3.56. The smallest absolute Gasteiger partial charge is 0.318 e. The highest BCUT2D eigenvalue weighted by molar-refractivity contribution is 5.90. The van der Waals surface area contributed by atoms with Gasteiger partial charge in [0.1, 0.15) is 0 Å². The van der Waals surface area contributed by atoms with Crippen molar-refractivity contribution in [3.05, 3.63) is 0 Å². The third kappa shape index (κ3) is 6.20. The normalized spacial score (nSPS) is 23.1. The molecule has 0 bridgehead atoms. The zero-order valence-corrected chi connectivity index (χ0v) is 14.9. The first-order valence-electron chi connectivity index (χ1n) is 8.32. The monoisotopic (exact) mass is 326 g/mol. The number of amides is 2. The summed E-state index contributed by atoms with van der Waals surface area (Å²) in [5.74, 6) is -0.280. The van der Waals surface area contributed by atoms with E-state index in [9.17, 15) is 14.4 Å². The largest absolute Gasteiger partial charge is 0.460 e. The van der Waals surface area contributed by atoms with Crippen molar-refractivity contribution in [1.82, 2.24) is 10.2 Å². The van der Waals surface area contributed by atoms with Gasteiger partial charge in [0.2, 0.25) is 0 Å². The van der Waals surface area contributed by atoms with E-state index < -0.39 is 6.04 Å². The minimum Gasteiger partial charge on any atom is -0.460 e. The summed E-state index contributed by atoms with van der Waals surface area (Å²) in [6, 6.07) is -0.534. The van der Waals surface area contributed by atoms with Crippen LogP contribution in [0.15, 0.2) is 0 Å². The van der Waals surface area contributed by atoms with E-state index in [4.69, 9.17) is 0 Å². The van der Waals surface area contributed by atoms with Gasteiger partial charge in [-0.15, -0.1) is 0 Å². The van der Waals surface area contributed by atoms with E-state index in [0.717, 1.165) is 19.3 Å². The highest BCUT2D eigenvalue weighted by atomic mass is 16.5. The Bertz CT molecular complexity index is 421. The van der Waals surface area contributed by atoms with Crippen LogP contribution in [-0.4, -0.2) is 47.9 Å². The second-order valence-electron chi connectivity index (χ2n) is 7.68. The molecule has 0 aromatic rings. The van der Waals surface area contributed by atoms with Crippen molar-refractivity contribution in [2.24, 2.45) is 5.41 Å². The molecule has 1 saturated heterocycles. The molecular weight excluding hydrogens is 296 g/mol. The lowest BCUT2D eigenvalue weighted by molar-refractivity contribution is -0.137. The molecular formula is C17H30N2O4. The van der Waals surface area contributed by atoms with Crippen LogP contribution in [0.3, 0.4) is 0 Å². The Labute approximate surface area is 138 Å². The van der Waals surface area contributed by atoms with Crippen molar-refractivity contribution in [3.8, 4) is 0 Å². The minimum absolute atomic E-state index is 0.131. The predicted octanol–water partition coefficient (Wildman–Crippen LogP) is 2.51. The number of carbonyl (C=O) groups excluding carboxylic acids is 3. The maximum atomic E-state index is 12.6. The molecule has 0 aliphatic carbocycles. The number of ketones is 1. The fraction of sp³-hybridized carbons (Fsp3) is 0.824. The molecule has 0 radical (unpaired) electrons. The number of ether oxygens (including phenoxy) is 1. The lowest BCUT2D eigenvalue weighted by Gasteiger charge is -2.40. The Kier molecular flexibility index (Phi) is 7.03. The van der Waals surface area contributed by atoms with Gasteiger partial charge in [0.15, 0.2) is 12.4 Å². The Morgan fingerprint density at radius 1 is 1.26 bits per heavy atom. The average molecular weight is 326 g/mol. The number of piperidine rings is 1. The van der Waals surface area contributed by atoms with Gasteiger partial charge in [0, 0.05) is 12.1 Å². The lowest BCUT2D eigenvalue weighted by atomic mass is 9.86. The molecule has 23 heavy (non-hydrogen) atoms. The molecule has 1 rings (SSSR count). The number of likely N-dealkylation sites (tertiary alicyclic amines) is 1. The minimum atomic E-state index is -0.649. The molecule has 1 heterocycles. The molecule has 1 aliphatic rings. The number of carbonyl (C=O) groups is 3. The SMILES string of the molecule is C[C@@H]1CCC[C@H](C)N1C(=O)N[C@@H](CC(C)(C)C)C(=O)COC=O. The van der Waals surface area contributed by atoms with Crippen molar-refractivity contribution < 1.29 is 19.1 Å². The first kappa shape index (κ1) is 19.5. The molecule has 0 unspecified atom stereocenters. The topological polar surface area (TPSA) is 75.7 Å². The van der Waals surface area contributed by atoms with Crippen LogP contribution in [-0.2, 0) is 14.3 Å². The fourth-order valence-corrected chi connectivity index (χ4v) is 3.12. The van der Waals surface area contributed by atoms with Gasteiger partial charge < -0.3 is 15.0 Å². The van der Waals surface area contributed by atoms with E-state index in [1.165, 1.54) is 0 Å². The number of hydrogen-bond acceptors (Lipinski definition) is 4. The van der Waals surface area contributed by atoms with Crippen LogP contribution in [0, 0.1) is 5.41 Å². The maximum Gasteiger partial charge on any atom is 0.318 e. The van der Waals surface area contributed by atoms with E-state index in [1.807, 2.05) is 39.5 Å². The van der Waals surface area contributed by atoms with E-state index in [0.29, 0.717) is 6.42 Å². The number of urea groups is 1. The van der Waals surface area contributed by atoms with Crippen LogP contribution < -0.4 is 5.32 Å². The van der Waals surface area contributed by atoms with Crippen LogP contribution in [0.5, 0.6) is 0 Å². The summed E-state index contributed by atoms with van der Waals surface area (Å²) in [7, 11) is 0. The van der Waals surface area contributed by atoms with Crippen molar-refractivity contribution in [3.63, 3.8) is 0 Å². The Morgan fingerprint density at radius 3 is 2.30 bits per heavy atom. The van der Waals surface area contributed by atoms with Gasteiger partial charge in [0.25, 0.3) is 6.47 Å². The molecule has 6 heteroatoms. The number of rotatable bonds is 6. The molecule has 0 spiro atoms. The fourth-order valence-electron chi connectivity index (χ4n) is 3.12. The Balaban J connectivity index is 2.79. The zero-order chi connectivity index (χ0) is 17.6. The quantitative estimate of drug-likeness (QED) is 0.761. The summed E-state index contributed by atoms with van der Waals surface area (Å²) >= 11 is 0. The van der Waals surface area contributed by atoms with E-state index in [-0.39, 0.29) is 42.4 Å². The third-order valence-electron chi connectivity index (χ3n) is 4.22. The van der Waals surface area contributed by atoms with Gasteiger partial charge in [0.05, 0.1) is 6.04 Å². The molecule has 1 N–H and O–H groups in total.